The second kappa shape index (κ2) is 9.26. The minimum atomic E-state index is -0.515. The number of ether oxygens (including phenoxy) is 4. The van der Waals surface area contributed by atoms with Crippen LogP contribution in [0.25, 0.3) is 0 Å². The number of Topliss-reactive ketones (excluding diaryl/α,β-unsaturated/α-hetero) is 2. The molecule has 0 aliphatic rings. The lowest BCUT2D eigenvalue weighted by Crippen LogP contribution is -2.26. The molecule has 0 aliphatic carbocycles. The first kappa shape index (κ1) is 21.3. The van der Waals surface area contributed by atoms with E-state index in [0.29, 0.717) is 34.1 Å². The zero-order valence-corrected chi connectivity index (χ0v) is 17.1. The fourth-order valence-electron chi connectivity index (χ4n) is 2.96. The maximum atomic E-state index is 12.9. The molecule has 0 spiro atoms. The second-order valence-corrected chi connectivity index (χ2v) is 6.45. The van der Waals surface area contributed by atoms with Gasteiger partial charge in [-0.15, -0.1) is 0 Å². The molecule has 2 aromatic rings. The third-order valence-corrected chi connectivity index (χ3v) is 4.91. The second-order valence-electron chi connectivity index (χ2n) is 6.45. The molecule has 2 unspecified atom stereocenters. The van der Waals surface area contributed by atoms with Gasteiger partial charge in [0.15, 0.2) is 34.6 Å². The summed E-state index contributed by atoms with van der Waals surface area (Å²) in [5, 5.41) is 0. The predicted octanol–water partition coefficient (Wildman–Crippen LogP) is 4.06. The molecule has 0 heterocycles. The van der Waals surface area contributed by atoms with Gasteiger partial charge in [0, 0.05) is 23.0 Å². The number of hydrogen-bond donors (Lipinski definition) is 0. The van der Waals surface area contributed by atoms with Crippen molar-refractivity contribution in [2.24, 2.45) is 11.8 Å². The van der Waals surface area contributed by atoms with Crippen LogP contribution in [0.3, 0.4) is 0 Å². The fourth-order valence-corrected chi connectivity index (χ4v) is 2.96. The highest BCUT2D eigenvalue weighted by atomic mass is 16.5. The number of rotatable bonds is 9. The maximum Gasteiger partial charge on any atom is 0.166 e. The van der Waals surface area contributed by atoms with Gasteiger partial charge in [-0.2, -0.15) is 0 Å². The molecule has 0 aliphatic heterocycles. The molecule has 2 aromatic carbocycles. The van der Waals surface area contributed by atoms with Crippen LogP contribution in [0.2, 0.25) is 0 Å². The molecule has 0 radical (unpaired) electrons. The zero-order chi connectivity index (χ0) is 20.8. The van der Waals surface area contributed by atoms with Crippen molar-refractivity contribution >= 4 is 11.6 Å². The van der Waals surface area contributed by atoms with Gasteiger partial charge in [0.2, 0.25) is 0 Å². The molecule has 0 saturated carbocycles. The van der Waals surface area contributed by atoms with Crippen molar-refractivity contribution in [2.75, 3.05) is 28.4 Å². The molecule has 0 fully saturated rings. The van der Waals surface area contributed by atoms with E-state index in [1.165, 1.54) is 28.4 Å². The molecule has 0 amide bonds. The Morgan fingerprint density at radius 3 is 1.21 bits per heavy atom. The molecule has 6 heteroatoms. The summed E-state index contributed by atoms with van der Waals surface area (Å²) in [6, 6.07) is 9.97. The van der Waals surface area contributed by atoms with Crippen molar-refractivity contribution in [3.8, 4) is 23.0 Å². The summed E-state index contributed by atoms with van der Waals surface area (Å²) < 4.78 is 20.9. The molecule has 28 heavy (non-hydrogen) atoms. The minimum Gasteiger partial charge on any atom is -0.493 e. The van der Waals surface area contributed by atoms with Crippen molar-refractivity contribution < 1.29 is 28.5 Å². The highest BCUT2D eigenvalue weighted by Crippen LogP contribution is 2.32. The molecule has 0 saturated heterocycles. The van der Waals surface area contributed by atoms with Crippen molar-refractivity contribution in [1.82, 2.24) is 0 Å². The van der Waals surface area contributed by atoms with Gasteiger partial charge in [-0.1, -0.05) is 13.8 Å². The van der Waals surface area contributed by atoms with Gasteiger partial charge in [-0.3, -0.25) is 9.59 Å². The van der Waals surface area contributed by atoms with Gasteiger partial charge in [-0.25, -0.2) is 0 Å². The van der Waals surface area contributed by atoms with Crippen LogP contribution in [-0.4, -0.2) is 40.0 Å². The smallest absolute Gasteiger partial charge is 0.166 e. The van der Waals surface area contributed by atoms with Gasteiger partial charge >= 0.3 is 0 Å². The lowest BCUT2D eigenvalue weighted by molar-refractivity contribution is 0.0793. The third kappa shape index (κ3) is 4.27. The van der Waals surface area contributed by atoms with Crippen molar-refractivity contribution in [3.63, 3.8) is 0 Å². The van der Waals surface area contributed by atoms with E-state index in [1.54, 1.807) is 50.2 Å². The average Bonchev–Trinajstić information content (AvgIpc) is 2.75. The Balaban J connectivity index is 2.24. The predicted molar refractivity (Wildman–Crippen MR) is 106 cm³/mol. The van der Waals surface area contributed by atoms with E-state index in [9.17, 15) is 9.59 Å². The summed E-state index contributed by atoms with van der Waals surface area (Å²) in [6.45, 7) is 3.50. The van der Waals surface area contributed by atoms with E-state index in [2.05, 4.69) is 0 Å². The first-order valence-electron chi connectivity index (χ1n) is 8.90. The van der Waals surface area contributed by atoms with Gasteiger partial charge in [0.1, 0.15) is 0 Å². The van der Waals surface area contributed by atoms with Crippen LogP contribution in [0.1, 0.15) is 34.6 Å². The summed E-state index contributed by atoms with van der Waals surface area (Å²) in [5.74, 6) is 0.725. The largest absolute Gasteiger partial charge is 0.493 e. The van der Waals surface area contributed by atoms with E-state index in [4.69, 9.17) is 18.9 Å². The standard InChI is InChI=1S/C22H26O6/c1-13(21(23)15-7-9-17(25-3)19(11-15)27-5)14(2)22(24)16-8-10-18(26-4)20(12-16)28-6/h7-14H,1-6H3. The summed E-state index contributed by atoms with van der Waals surface area (Å²) in [7, 11) is 6.09. The van der Waals surface area contributed by atoms with Crippen LogP contribution in [0, 0.1) is 11.8 Å². The molecule has 0 aromatic heterocycles. The summed E-state index contributed by atoms with van der Waals surface area (Å²) in [5.41, 5.74) is 0.939. The summed E-state index contributed by atoms with van der Waals surface area (Å²) >= 11 is 0. The van der Waals surface area contributed by atoms with Crippen molar-refractivity contribution in [3.05, 3.63) is 47.5 Å². The third-order valence-electron chi connectivity index (χ3n) is 4.91. The van der Waals surface area contributed by atoms with Gasteiger partial charge < -0.3 is 18.9 Å². The van der Waals surface area contributed by atoms with E-state index in [0.717, 1.165) is 0 Å². The van der Waals surface area contributed by atoms with Crippen molar-refractivity contribution in [2.45, 2.75) is 13.8 Å². The molecular formula is C22H26O6. The van der Waals surface area contributed by atoms with Crippen molar-refractivity contribution in [1.29, 1.82) is 0 Å². The Kier molecular flexibility index (Phi) is 7.04. The number of hydrogen-bond acceptors (Lipinski definition) is 6. The normalized spacial score (nSPS) is 12.6. The van der Waals surface area contributed by atoms with Crippen LogP contribution in [0.5, 0.6) is 23.0 Å². The number of carbonyl (C=O) groups excluding carboxylic acids is 2. The maximum absolute atomic E-state index is 12.9. The molecule has 0 bridgehead atoms. The van der Waals surface area contributed by atoms with E-state index >= 15 is 0 Å². The zero-order valence-electron chi connectivity index (χ0n) is 17.1. The molecule has 6 nitrogen and oxygen atoms in total. The SMILES string of the molecule is COc1ccc(C(=O)C(C)C(C)C(=O)c2ccc(OC)c(OC)c2)cc1OC. The molecule has 2 atom stereocenters. The lowest BCUT2D eigenvalue weighted by atomic mass is 9.83. The van der Waals surface area contributed by atoms with Crippen LogP contribution in [0.15, 0.2) is 36.4 Å². The summed E-state index contributed by atoms with van der Waals surface area (Å²) in [6.07, 6.45) is 0. The highest BCUT2D eigenvalue weighted by Gasteiger charge is 2.28. The van der Waals surface area contributed by atoms with Crippen LogP contribution in [-0.2, 0) is 0 Å². The first-order chi connectivity index (χ1) is 13.4. The van der Waals surface area contributed by atoms with E-state index in [-0.39, 0.29) is 11.6 Å². The molecule has 0 N–H and O–H groups in total. The first-order valence-corrected chi connectivity index (χ1v) is 8.90. The lowest BCUT2D eigenvalue weighted by Gasteiger charge is -2.19. The van der Waals surface area contributed by atoms with Crippen LogP contribution >= 0.6 is 0 Å². The average molecular weight is 386 g/mol. The molecule has 2 rings (SSSR count). The van der Waals surface area contributed by atoms with E-state index < -0.39 is 11.8 Å². The van der Waals surface area contributed by atoms with Gasteiger partial charge in [0.05, 0.1) is 28.4 Å². The van der Waals surface area contributed by atoms with Gasteiger partial charge in [-0.05, 0) is 36.4 Å². The minimum absolute atomic E-state index is 0.137. The summed E-state index contributed by atoms with van der Waals surface area (Å²) in [4.78, 5) is 25.8. The molecule has 150 valence electrons. The Labute approximate surface area is 165 Å². The Morgan fingerprint density at radius 2 is 0.929 bits per heavy atom. The van der Waals surface area contributed by atoms with Crippen LogP contribution in [0.4, 0.5) is 0 Å². The number of methoxy groups -OCH3 is 4. The Morgan fingerprint density at radius 1 is 0.607 bits per heavy atom. The topological polar surface area (TPSA) is 71.1 Å². The van der Waals surface area contributed by atoms with E-state index in [1.807, 2.05) is 0 Å². The van der Waals surface area contributed by atoms with Gasteiger partial charge in [0.25, 0.3) is 0 Å². The fraction of sp³-hybridized carbons (Fsp3) is 0.364. The Bertz CT molecular complexity index is 787. The monoisotopic (exact) mass is 386 g/mol. The van der Waals surface area contributed by atoms with Crippen LogP contribution < -0.4 is 18.9 Å². The quantitative estimate of drug-likeness (QED) is 0.605. The number of carbonyl (C=O) groups is 2. The molecular weight excluding hydrogens is 360 g/mol. The number of ketones is 2. The number of benzene rings is 2. The Hall–Kier alpha value is -3.02. The highest BCUT2D eigenvalue weighted by molar-refractivity contribution is 6.05.